The zero-order chi connectivity index (χ0) is 15.3. The molecule has 1 unspecified atom stereocenters. The molecule has 1 amide bonds. The minimum atomic E-state index is -0.694. The first kappa shape index (κ1) is 16.4. The summed E-state index contributed by atoms with van der Waals surface area (Å²) in [6, 6.07) is 4.03. The third kappa shape index (κ3) is 4.47. The number of halogens is 1. The summed E-state index contributed by atoms with van der Waals surface area (Å²) >= 11 is 5.84. The number of rotatable bonds is 6. The smallest absolute Gasteiger partial charge is 0.283 e. The van der Waals surface area contributed by atoms with Crippen LogP contribution >= 0.6 is 11.6 Å². The van der Waals surface area contributed by atoms with Crippen LogP contribution in [0.3, 0.4) is 0 Å². The number of nitrogens with one attached hydrogen (secondary N) is 1. The van der Waals surface area contributed by atoms with Gasteiger partial charge < -0.3 is 10.4 Å². The molecule has 0 fully saturated rings. The van der Waals surface area contributed by atoms with Crippen molar-refractivity contribution in [2.75, 3.05) is 6.54 Å². The molecule has 7 heteroatoms. The third-order valence-electron chi connectivity index (χ3n) is 2.66. The largest absolute Gasteiger partial charge is 0.391 e. The lowest BCUT2D eigenvalue weighted by Crippen LogP contribution is -2.33. The van der Waals surface area contributed by atoms with E-state index >= 15 is 0 Å². The zero-order valence-electron chi connectivity index (χ0n) is 11.3. The number of aliphatic hydroxyl groups is 1. The molecule has 1 aromatic carbocycles. The molecule has 0 saturated carbocycles. The molecule has 6 nitrogen and oxygen atoms in total. The van der Waals surface area contributed by atoms with Crippen molar-refractivity contribution >= 4 is 23.2 Å². The topological polar surface area (TPSA) is 92.5 Å². The molecule has 0 spiro atoms. The SMILES string of the molecule is CC(C)CC(O)CNC(=O)c1c(Cl)cccc1[N+](=O)[O-]. The van der Waals surface area contributed by atoms with Gasteiger partial charge in [-0.1, -0.05) is 31.5 Å². The van der Waals surface area contributed by atoms with Crippen molar-refractivity contribution in [3.63, 3.8) is 0 Å². The fourth-order valence-electron chi connectivity index (χ4n) is 1.82. The summed E-state index contributed by atoms with van der Waals surface area (Å²) in [6.45, 7) is 3.92. The van der Waals surface area contributed by atoms with Gasteiger partial charge in [0.1, 0.15) is 5.56 Å². The van der Waals surface area contributed by atoms with Crippen molar-refractivity contribution in [3.05, 3.63) is 38.9 Å². The minimum absolute atomic E-state index is 0.00930. The van der Waals surface area contributed by atoms with Crippen LogP contribution < -0.4 is 5.32 Å². The van der Waals surface area contributed by atoms with Gasteiger partial charge in [0.05, 0.1) is 16.0 Å². The molecule has 0 radical (unpaired) electrons. The molecule has 0 aliphatic heterocycles. The van der Waals surface area contributed by atoms with Gasteiger partial charge in [0, 0.05) is 12.6 Å². The lowest BCUT2D eigenvalue weighted by molar-refractivity contribution is -0.385. The number of nitro benzene ring substituents is 1. The fourth-order valence-corrected chi connectivity index (χ4v) is 2.07. The van der Waals surface area contributed by atoms with E-state index in [1.807, 2.05) is 13.8 Å². The van der Waals surface area contributed by atoms with Crippen molar-refractivity contribution in [2.24, 2.45) is 5.92 Å². The number of carbonyl (C=O) groups excluding carboxylic acids is 1. The number of amides is 1. The molecule has 1 rings (SSSR count). The Balaban J connectivity index is 2.80. The molecule has 0 saturated heterocycles. The van der Waals surface area contributed by atoms with Crippen LogP contribution in [0.4, 0.5) is 5.69 Å². The van der Waals surface area contributed by atoms with Crippen LogP contribution in [0.5, 0.6) is 0 Å². The van der Waals surface area contributed by atoms with Crippen LogP contribution in [0.25, 0.3) is 0 Å². The molecule has 2 N–H and O–H groups in total. The highest BCUT2D eigenvalue weighted by atomic mass is 35.5. The van der Waals surface area contributed by atoms with E-state index in [1.165, 1.54) is 18.2 Å². The van der Waals surface area contributed by atoms with Crippen molar-refractivity contribution in [1.82, 2.24) is 5.32 Å². The van der Waals surface area contributed by atoms with Crippen LogP contribution in [0.2, 0.25) is 5.02 Å². The van der Waals surface area contributed by atoms with E-state index in [9.17, 15) is 20.0 Å². The van der Waals surface area contributed by atoms with Crippen LogP contribution in [-0.4, -0.2) is 28.6 Å². The second-order valence-corrected chi connectivity index (χ2v) is 5.29. The predicted octanol–water partition coefficient (Wildman–Crippen LogP) is 2.39. The maximum atomic E-state index is 12.0. The Hall–Kier alpha value is -1.66. The summed E-state index contributed by atoms with van der Waals surface area (Å²) in [7, 11) is 0. The molecule has 1 aromatic rings. The number of nitrogens with zero attached hydrogens (tertiary/aromatic N) is 1. The van der Waals surface area contributed by atoms with Crippen LogP contribution in [-0.2, 0) is 0 Å². The molecule has 0 heterocycles. The number of nitro groups is 1. The minimum Gasteiger partial charge on any atom is -0.391 e. The van der Waals surface area contributed by atoms with Gasteiger partial charge in [-0.15, -0.1) is 0 Å². The molecule has 0 bridgehead atoms. The number of hydrogen-bond acceptors (Lipinski definition) is 4. The Morgan fingerprint density at radius 1 is 1.50 bits per heavy atom. The van der Waals surface area contributed by atoms with E-state index in [0.717, 1.165) is 0 Å². The number of carbonyl (C=O) groups is 1. The van der Waals surface area contributed by atoms with E-state index in [2.05, 4.69) is 5.32 Å². The quantitative estimate of drug-likeness (QED) is 0.623. The number of aliphatic hydroxyl groups excluding tert-OH is 1. The predicted molar refractivity (Wildman–Crippen MR) is 75.9 cm³/mol. The van der Waals surface area contributed by atoms with Crippen molar-refractivity contribution < 1.29 is 14.8 Å². The Morgan fingerprint density at radius 2 is 2.15 bits per heavy atom. The van der Waals surface area contributed by atoms with Gasteiger partial charge in [0.15, 0.2) is 0 Å². The molecular weight excluding hydrogens is 284 g/mol. The third-order valence-corrected chi connectivity index (χ3v) is 2.97. The summed E-state index contributed by atoms with van der Waals surface area (Å²) < 4.78 is 0. The van der Waals surface area contributed by atoms with Gasteiger partial charge in [-0.3, -0.25) is 14.9 Å². The maximum Gasteiger partial charge on any atom is 0.283 e. The molecule has 20 heavy (non-hydrogen) atoms. The van der Waals surface area contributed by atoms with Crippen LogP contribution in [0.15, 0.2) is 18.2 Å². The van der Waals surface area contributed by atoms with E-state index in [4.69, 9.17) is 11.6 Å². The molecule has 0 aromatic heterocycles. The zero-order valence-corrected chi connectivity index (χ0v) is 12.1. The van der Waals surface area contributed by atoms with Gasteiger partial charge in [-0.25, -0.2) is 0 Å². The lowest BCUT2D eigenvalue weighted by Gasteiger charge is -2.14. The summed E-state index contributed by atoms with van der Waals surface area (Å²) in [5.41, 5.74) is -0.538. The Bertz CT molecular complexity index is 505. The molecule has 110 valence electrons. The highest BCUT2D eigenvalue weighted by molar-refractivity contribution is 6.34. The van der Waals surface area contributed by atoms with Crippen LogP contribution in [0.1, 0.15) is 30.6 Å². The molecule has 1 atom stereocenters. The second kappa shape index (κ2) is 7.21. The second-order valence-electron chi connectivity index (χ2n) is 4.88. The monoisotopic (exact) mass is 300 g/mol. The Morgan fingerprint density at radius 3 is 2.70 bits per heavy atom. The summed E-state index contributed by atoms with van der Waals surface area (Å²) in [5, 5.41) is 23.0. The van der Waals surface area contributed by atoms with Gasteiger partial charge in [-0.2, -0.15) is 0 Å². The van der Waals surface area contributed by atoms with Crippen LogP contribution in [0, 0.1) is 16.0 Å². The normalized spacial score (nSPS) is 12.2. The average molecular weight is 301 g/mol. The summed E-state index contributed by atoms with van der Waals surface area (Å²) in [4.78, 5) is 22.2. The summed E-state index contributed by atoms with van der Waals surface area (Å²) in [5.74, 6) is -0.373. The van der Waals surface area contributed by atoms with Gasteiger partial charge in [0.2, 0.25) is 0 Å². The van der Waals surface area contributed by atoms with E-state index in [1.54, 1.807) is 0 Å². The van der Waals surface area contributed by atoms with Gasteiger partial charge >= 0.3 is 0 Å². The Labute approximate surface area is 121 Å². The fraction of sp³-hybridized carbons (Fsp3) is 0.462. The first-order valence-corrected chi connectivity index (χ1v) is 6.60. The molecule has 0 aliphatic carbocycles. The number of hydrogen-bond donors (Lipinski definition) is 2. The first-order valence-electron chi connectivity index (χ1n) is 6.22. The van der Waals surface area contributed by atoms with Gasteiger partial charge in [0.25, 0.3) is 11.6 Å². The van der Waals surface area contributed by atoms with Crippen molar-refractivity contribution in [1.29, 1.82) is 0 Å². The van der Waals surface area contributed by atoms with E-state index in [-0.39, 0.29) is 28.7 Å². The summed E-state index contributed by atoms with van der Waals surface area (Å²) in [6.07, 6.45) is -0.161. The number of benzene rings is 1. The highest BCUT2D eigenvalue weighted by Gasteiger charge is 2.23. The van der Waals surface area contributed by atoms with E-state index < -0.39 is 16.9 Å². The standard InChI is InChI=1S/C13H17ClN2O4/c1-8(2)6-9(17)7-15-13(18)12-10(14)4-3-5-11(12)16(19)20/h3-5,8-9,17H,6-7H2,1-2H3,(H,15,18). The Kier molecular flexibility index (Phi) is 5.91. The maximum absolute atomic E-state index is 12.0. The average Bonchev–Trinajstić information content (AvgIpc) is 2.34. The highest BCUT2D eigenvalue weighted by Crippen LogP contribution is 2.25. The van der Waals surface area contributed by atoms with Crippen molar-refractivity contribution in [3.8, 4) is 0 Å². The molecule has 0 aliphatic rings. The van der Waals surface area contributed by atoms with Crippen molar-refractivity contribution in [2.45, 2.75) is 26.4 Å². The lowest BCUT2D eigenvalue weighted by atomic mass is 10.1. The molecular formula is C13H17ClN2O4. The first-order chi connectivity index (χ1) is 9.32. The van der Waals surface area contributed by atoms with E-state index in [0.29, 0.717) is 6.42 Å². The van der Waals surface area contributed by atoms with Gasteiger partial charge in [-0.05, 0) is 18.4 Å².